The number of hydrogen-bond acceptors (Lipinski definition) is 4. The van der Waals surface area contributed by atoms with Gasteiger partial charge in [0, 0.05) is 5.69 Å². The number of amides is 1. The molecular formula is C16H9ClF3N3O2. The van der Waals surface area contributed by atoms with Crippen LogP contribution in [0.15, 0.2) is 52.9 Å². The van der Waals surface area contributed by atoms with Crippen molar-refractivity contribution in [2.45, 2.75) is 6.18 Å². The summed E-state index contributed by atoms with van der Waals surface area (Å²) in [4.78, 5) is 12.1. The molecule has 0 aliphatic carbocycles. The Bertz CT molecular complexity index is 925. The molecule has 0 saturated carbocycles. The molecule has 128 valence electrons. The van der Waals surface area contributed by atoms with Crippen molar-refractivity contribution in [1.29, 1.82) is 0 Å². The van der Waals surface area contributed by atoms with Gasteiger partial charge in [-0.2, -0.15) is 13.2 Å². The number of hydrogen-bond donors (Lipinski definition) is 1. The maximum Gasteiger partial charge on any atom is 0.416 e. The average molecular weight is 368 g/mol. The first kappa shape index (κ1) is 17.0. The van der Waals surface area contributed by atoms with E-state index in [1.165, 1.54) is 12.1 Å². The van der Waals surface area contributed by atoms with E-state index in [4.69, 9.17) is 16.0 Å². The molecule has 0 aliphatic rings. The molecule has 0 atom stereocenters. The number of nitrogens with zero attached hydrogens (tertiary/aromatic N) is 2. The maximum absolute atomic E-state index is 12.7. The Hall–Kier alpha value is -2.87. The van der Waals surface area contributed by atoms with Gasteiger partial charge in [-0.25, -0.2) is 0 Å². The highest BCUT2D eigenvalue weighted by Crippen LogP contribution is 2.31. The third kappa shape index (κ3) is 3.80. The molecule has 0 bridgehead atoms. The predicted octanol–water partition coefficient (Wildman–Crippen LogP) is 4.66. The first-order valence-electron chi connectivity index (χ1n) is 6.91. The Morgan fingerprint density at radius 3 is 2.56 bits per heavy atom. The third-order valence-electron chi connectivity index (χ3n) is 3.17. The number of carbonyl (C=O) groups is 1. The van der Waals surface area contributed by atoms with Crippen LogP contribution in [0.25, 0.3) is 11.5 Å². The summed E-state index contributed by atoms with van der Waals surface area (Å²) < 4.78 is 43.3. The fraction of sp³-hybridized carbons (Fsp3) is 0.0625. The Morgan fingerprint density at radius 1 is 1.08 bits per heavy atom. The van der Waals surface area contributed by atoms with Crippen molar-refractivity contribution in [3.8, 4) is 11.5 Å². The lowest BCUT2D eigenvalue weighted by molar-refractivity contribution is -0.137. The average Bonchev–Trinajstić information content (AvgIpc) is 3.04. The summed E-state index contributed by atoms with van der Waals surface area (Å²) in [5.74, 6) is -1.20. The van der Waals surface area contributed by atoms with Crippen LogP contribution in [-0.4, -0.2) is 16.1 Å². The van der Waals surface area contributed by atoms with Gasteiger partial charge in [-0.05, 0) is 30.3 Å². The summed E-state index contributed by atoms with van der Waals surface area (Å²) >= 11 is 6.00. The minimum absolute atomic E-state index is 0.0276. The zero-order chi connectivity index (χ0) is 18.0. The number of nitrogens with one attached hydrogen (secondary N) is 1. The van der Waals surface area contributed by atoms with Gasteiger partial charge in [-0.15, -0.1) is 10.2 Å². The van der Waals surface area contributed by atoms with E-state index in [-0.39, 0.29) is 11.6 Å². The summed E-state index contributed by atoms with van der Waals surface area (Å²) in [5.41, 5.74) is -0.486. The highest BCUT2D eigenvalue weighted by molar-refractivity contribution is 6.33. The number of benzene rings is 2. The summed E-state index contributed by atoms with van der Waals surface area (Å²) in [6.45, 7) is 0. The van der Waals surface area contributed by atoms with E-state index >= 15 is 0 Å². The molecule has 0 fully saturated rings. The lowest BCUT2D eigenvalue weighted by Crippen LogP contribution is -2.13. The van der Waals surface area contributed by atoms with E-state index in [9.17, 15) is 18.0 Å². The Labute approximate surface area is 144 Å². The predicted molar refractivity (Wildman–Crippen MR) is 84.1 cm³/mol. The summed E-state index contributed by atoms with van der Waals surface area (Å²) in [6, 6.07) is 10.9. The third-order valence-corrected chi connectivity index (χ3v) is 3.50. The molecule has 0 spiro atoms. The lowest BCUT2D eigenvalue weighted by Gasteiger charge is -2.08. The Balaban J connectivity index is 1.80. The van der Waals surface area contributed by atoms with E-state index in [1.54, 1.807) is 24.3 Å². The minimum atomic E-state index is -4.51. The summed E-state index contributed by atoms with van der Waals surface area (Å²) in [5, 5.41) is 9.96. The topological polar surface area (TPSA) is 68.0 Å². The molecule has 1 N–H and O–H groups in total. The van der Waals surface area contributed by atoms with Gasteiger partial charge in [0.1, 0.15) is 0 Å². The van der Waals surface area contributed by atoms with Gasteiger partial charge in [0.05, 0.1) is 16.1 Å². The van der Waals surface area contributed by atoms with Gasteiger partial charge < -0.3 is 9.73 Å². The molecule has 0 unspecified atom stereocenters. The van der Waals surface area contributed by atoms with E-state index in [1.807, 2.05) is 0 Å². The second kappa shape index (κ2) is 6.56. The van der Waals surface area contributed by atoms with Crippen LogP contribution in [0.3, 0.4) is 0 Å². The Kier molecular flexibility index (Phi) is 4.45. The summed E-state index contributed by atoms with van der Waals surface area (Å²) in [6.07, 6.45) is -4.51. The van der Waals surface area contributed by atoms with Crippen molar-refractivity contribution in [2.24, 2.45) is 0 Å². The van der Waals surface area contributed by atoms with Crippen LogP contribution in [0.5, 0.6) is 0 Å². The van der Waals surface area contributed by atoms with Crippen molar-refractivity contribution in [3.63, 3.8) is 0 Å². The molecule has 3 aromatic rings. The van der Waals surface area contributed by atoms with Gasteiger partial charge in [-0.3, -0.25) is 4.79 Å². The molecule has 2 aromatic carbocycles. The smallest absolute Gasteiger partial charge is 0.412 e. The first-order valence-corrected chi connectivity index (χ1v) is 7.29. The van der Waals surface area contributed by atoms with E-state index < -0.39 is 23.5 Å². The van der Waals surface area contributed by atoms with Crippen LogP contribution in [0.2, 0.25) is 5.02 Å². The van der Waals surface area contributed by atoms with Crippen LogP contribution in [-0.2, 0) is 6.18 Å². The van der Waals surface area contributed by atoms with Crippen molar-refractivity contribution in [1.82, 2.24) is 10.2 Å². The lowest BCUT2D eigenvalue weighted by atomic mass is 10.2. The number of rotatable bonds is 3. The van der Waals surface area contributed by atoms with E-state index in [0.29, 0.717) is 10.6 Å². The second-order valence-electron chi connectivity index (χ2n) is 4.92. The van der Waals surface area contributed by atoms with Gasteiger partial charge in [0.25, 0.3) is 0 Å². The minimum Gasteiger partial charge on any atom is -0.412 e. The first-order chi connectivity index (χ1) is 11.8. The normalized spacial score (nSPS) is 11.4. The fourth-order valence-electron chi connectivity index (χ4n) is 2.02. The van der Waals surface area contributed by atoms with E-state index in [2.05, 4.69) is 15.5 Å². The highest BCUT2D eigenvalue weighted by Gasteiger charge is 2.30. The summed E-state index contributed by atoms with van der Waals surface area (Å²) in [7, 11) is 0. The molecule has 5 nitrogen and oxygen atoms in total. The molecule has 1 heterocycles. The van der Waals surface area contributed by atoms with Crippen molar-refractivity contribution in [3.05, 3.63) is 65.0 Å². The van der Waals surface area contributed by atoms with Crippen LogP contribution >= 0.6 is 11.6 Å². The number of alkyl halides is 3. The van der Waals surface area contributed by atoms with Crippen molar-refractivity contribution in [2.75, 3.05) is 5.32 Å². The van der Waals surface area contributed by atoms with Gasteiger partial charge in [0.2, 0.25) is 5.89 Å². The van der Waals surface area contributed by atoms with Crippen LogP contribution in [0.4, 0.5) is 18.9 Å². The fourth-order valence-corrected chi connectivity index (χ4v) is 2.23. The number of carbonyl (C=O) groups excluding carboxylic acids is 1. The van der Waals surface area contributed by atoms with Crippen LogP contribution < -0.4 is 5.32 Å². The SMILES string of the molecule is O=C(Nc1cccc(C(F)(F)F)c1)c1nnc(-c2ccccc2Cl)o1. The second-order valence-corrected chi connectivity index (χ2v) is 5.33. The van der Waals surface area contributed by atoms with Crippen LogP contribution in [0.1, 0.15) is 16.2 Å². The standard InChI is InChI=1S/C16H9ClF3N3O2/c17-12-7-2-1-6-11(12)14-22-23-15(25-14)13(24)21-10-5-3-4-9(8-10)16(18,19)20/h1-8H,(H,21,24). The molecule has 1 aromatic heterocycles. The Morgan fingerprint density at radius 2 is 1.84 bits per heavy atom. The quantitative estimate of drug-likeness (QED) is 0.731. The molecule has 0 aliphatic heterocycles. The highest BCUT2D eigenvalue weighted by atomic mass is 35.5. The van der Waals surface area contributed by atoms with Crippen LogP contribution in [0, 0.1) is 0 Å². The zero-order valence-electron chi connectivity index (χ0n) is 12.3. The molecule has 9 heteroatoms. The van der Waals surface area contributed by atoms with Gasteiger partial charge in [-0.1, -0.05) is 29.8 Å². The van der Waals surface area contributed by atoms with Gasteiger partial charge >= 0.3 is 18.0 Å². The van der Waals surface area contributed by atoms with Crippen molar-refractivity contribution < 1.29 is 22.4 Å². The zero-order valence-corrected chi connectivity index (χ0v) is 13.1. The molecular weight excluding hydrogens is 359 g/mol. The molecule has 0 saturated heterocycles. The number of halogens is 4. The molecule has 3 rings (SSSR count). The molecule has 0 radical (unpaired) electrons. The van der Waals surface area contributed by atoms with E-state index in [0.717, 1.165) is 12.1 Å². The largest absolute Gasteiger partial charge is 0.416 e. The monoisotopic (exact) mass is 367 g/mol. The number of aromatic nitrogens is 2. The van der Waals surface area contributed by atoms with Crippen molar-refractivity contribution >= 4 is 23.2 Å². The molecule has 1 amide bonds. The molecule has 25 heavy (non-hydrogen) atoms. The van der Waals surface area contributed by atoms with Gasteiger partial charge in [0.15, 0.2) is 0 Å². The maximum atomic E-state index is 12.7. The number of anilines is 1.